The van der Waals surface area contributed by atoms with Gasteiger partial charge in [0, 0.05) is 6.54 Å². The van der Waals surface area contributed by atoms with Gasteiger partial charge in [-0.25, -0.2) is 0 Å². The van der Waals surface area contributed by atoms with Crippen molar-refractivity contribution >= 4 is 11.8 Å². The molecule has 0 unspecified atom stereocenters. The predicted octanol–water partition coefficient (Wildman–Crippen LogP) is 1.18. The Bertz CT molecular complexity index is 88.1. The first-order valence-electron chi connectivity index (χ1n) is 2.41. The molecule has 0 aromatic heterocycles. The van der Waals surface area contributed by atoms with Crippen LogP contribution in [0, 0.1) is 0 Å². The van der Waals surface area contributed by atoms with Gasteiger partial charge in [0.2, 0.25) is 0 Å². The minimum Gasteiger partial charge on any atom is -0.380 e. The van der Waals surface area contributed by atoms with Crippen LogP contribution in [-0.4, -0.2) is 12.8 Å². The summed E-state index contributed by atoms with van der Waals surface area (Å²) < 4.78 is 0. The van der Waals surface area contributed by atoms with Crippen LogP contribution >= 0.6 is 11.8 Å². The van der Waals surface area contributed by atoms with Gasteiger partial charge >= 0.3 is 0 Å². The summed E-state index contributed by atoms with van der Waals surface area (Å²) in [4.78, 5) is 0. The molecule has 0 aromatic rings. The van der Waals surface area contributed by atoms with Crippen LogP contribution in [0.1, 0.15) is 6.42 Å². The molecule has 0 saturated heterocycles. The maximum absolute atomic E-state index is 3.23. The number of hydrogen-bond donors (Lipinski definition) is 1. The van der Waals surface area contributed by atoms with E-state index in [1.165, 1.54) is 11.4 Å². The third-order valence-corrected chi connectivity index (χ3v) is 1.74. The van der Waals surface area contributed by atoms with Gasteiger partial charge in [-0.1, -0.05) is 6.08 Å². The molecule has 1 aliphatic heterocycles. The van der Waals surface area contributed by atoms with Crippen LogP contribution in [0.2, 0.25) is 0 Å². The first-order chi connectivity index (χ1) is 3.43. The SMILES string of the molecule is CSC1=CCCN1. The molecule has 1 nitrogen and oxygen atoms in total. The third-order valence-electron chi connectivity index (χ3n) is 0.993. The van der Waals surface area contributed by atoms with Crippen LogP contribution in [0.4, 0.5) is 0 Å². The Kier molecular flexibility index (Phi) is 1.63. The van der Waals surface area contributed by atoms with Crippen LogP contribution in [0.25, 0.3) is 0 Å². The summed E-state index contributed by atoms with van der Waals surface area (Å²) in [5.74, 6) is 0. The van der Waals surface area contributed by atoms with E-state index in [1.807, 2.05) is 0 Å². The average molecular weight is 115 g/mol. The van der Waals surface area contributed by atoms with E-state index in [9.17, 15) is 0 Å². The van der Waals surface area contributed by atoms with Crippen molar-refractivity contribution in [2.24, 2.45) is 0 Å². The molecule has 0 radical (unpaired) electrons. The lowest BCUT2D eigenvalue weighted by Crippen LogP contribution is -2.03. The summed E-state index contributed by atoms with van der Waals surface area (Å²) in [7, 11) is 0. The molecule has 0 aliphatic carbocycles. The summed E-state index contributed by atoms with van der Waals surface area (Å²) in [5, 5.41) is 4.56. The van der Waals surface area contributed by atoms with E-state index < -0.39 is 0 Å². The largest absolute Gasteiger partial charge is 0.380 e. The van der Waals surface area contributed by atoms with Gasteiger partial charge in [-0.05, 0) is 12.7 Å². The fourth-order valence-electron chi connectivity index (χ4n) is 0.626. The van der Waals surface area contributed by atoms with Gasteiger partial charge in [-0.15, -0.1) is 11.8 Å². The number of nitrogens with one attached hydrogen (secondary N) is 1. The van der Waals surface area contributed by atoms with Gasteiger partial charge in [-0.2, -0.15) is 0 Å². The number of thioether (sulfide) groups is 1. The van der Waals surface area contributed by atoms with Crippen LogP contribution < -0.4 is 5.32 Å². The Morgan fingerprint density at radius 2 is 2.71 bits per heavy atom. The molecule has 1 aliphatic rings. The van der Waals surface area contributed by atoms with E-state index in [0.29, 0.717) is 0 Å². The van der Waals surface area contributed by atoms with Crippen molar-refractivity contribution in [3.05, 3.63) is 11.1 Å². The molecule has 40 valence electrons. The molecule has 0 atom stereocenters. The molecule has 0 spiro atoms. The van der Waals surface area contributed by atoms with Crippen LogP contribution in [0.3, 0.4) is 0 Å². The molecule has 0 bridgehead atoms. The van der Waals surface area contributed by atoms with E-state index in [-0.39, 0.29) is 0 Å². The molecule has 0 saturated carbocycles. The van der Waals surface area contributed by atoms with Crippen molar-refractivity contribution in [3.63, 3.8) is 0 Å². The Morgan fingerprint density at radius 3 is 3.00 bits per heavy atom. The van der Waals surface area contributed by atoms with Gasteiger partial charge in [0.15, 0.2) is 0 Å². The lowest BCUT2D eigenvalue weighted by atomic mass is 10.5. The zero-order chi connectivity index (χ0) is 5.11. The molecule has 1 rings (SSSR count). The molecule has 2 heteroatoms. The van der Waals surface area contributed by atoms with Crippen molar-refractivity contribution in [2.75, 3.05) is 12.8 Å². The smallest absolute Gasteiger partial charge is 0.0638 e. The van der Waals surface area contributed by atoms with Gasteiger partial charge < -0.3 is 5.32 Å². The minimum atomic E-state index is 1.14. The Morgan fingerprint density at radius 1 is 1.86 bits per heavy atom. The summed E-state index contributed by atoms with van der Waals surface area (Å²) in [6, 6.07) is 0. The second-order valence-electron chi connectivity index (χ2n) is 1.49. The van der Waals surface area contributed by atoms with E-state index in [4.69, 9.17) is 0 Å². The van der Waals surface area contributed by atoms with Crippen molar-refractivity contribution in [2.45, 2.75) is 6.42 Å². The molecule has 1 heterocycles. The van der Waals surface area contributed by atoms with Crippen LogP contribution in [0.15, 0.2) is 11.1 Å². The standard InChI is InChI=1S/C5H9NS/c1-7-5-3-2-4-6-5/h3,6H,2,4H2,1H3. The fraction of sp³-hybridized carbons (Fsp3) is 0.600. The van der Waals surface area contributed by atoms with Gasteiger partial charge in [0.1, 0.15) is 0 Å². The van der Waals surface area contributed by atoms with E-state index >= 15 is 0 Å². The van der Waals surface area contributed by atoms with Crippen molar-refractivity contribution in [1.82, 2.24) is 5.32 Å². The highest BCUT2D eigenvalue weighted by molar-refractivity contribution is 8.02. The van der Waals surface area contributed by atoms with Gasteiger partial charge in [0.05, 0.1) is 5.03 Å². The Hall–Kier alpha value is -0.110. The summed E-state index contributed by atoms with van der Waals surface area (Å²) >= 11 is 1.78. The predicted molar refractivity (Wildman–Crippen MR) is 34.2 cm³/mol. The maximum Gasteiger partial charge on any atom is 0.0638 e. The molecule has 1 N–H and O–H groups in total. The summed E-state index contributed by atoms with van der Waals surface area (Å²) in [5.41, 5.74) is 0. The zero-order valence-electron chi connectivity index (χ0n) is 4.40. The van der Waals surface area contributed by atoms with Crippen LogP contribution in [-0.2, 0) is 0 Å². The van der Waals surface area contributed by atoms with E-state index in [0.717, 1.165) is 6.54 Å². The molecule has 0 fully saturated rings. The summed E-state index contributed by atoms with van der Waals surface area (Å²) in [6.45, 7) is 1.14. The van der Waals surface area contributed by atoms with Crippen LogP contribution in [0.5, 0.6) is 0 Å². The third kappa shape index (κ3) is 1.13. The Balaban J connectivity index is 2.36. The lowest BCUT2D eigenvalue weighted by Gasteiger charge is -1.94. The topological polar surface area (TPSA) is 12.0 Å². The van der Waals surface area contributed by atoms with E-state index in [2.05, 4.69) is 17.6 Å². The monoisotopic (exact) mass is 115 g/mol. The number of hydrogen-bond acceptors (Lipinski definition) is 2. The molecule has 0 amide bonds. The summed E-state index contributed by atoms with van der Waals surface area (Å²) in [6.07, 6.45) is 5.52. The van der Waals surface area contributed by atoms with Crippen molar-refractivity contribution in [1.29, 1.82) is 0 Å². The zero-order valence-corrected chi connectivity index (χ0v) is 5.22. The normalized spacial score (nSPS) is 18.7. The van der Waals surface area contributed by atoms with Crippen molar-refractivity contribution in [3.8, 4) is 0 Å². The highest BCUT2D eigenvalue weighted by atomic mass is 32.2. The lowest BCUT2D eigenvalue weighted by molar-refractivity contribution is 0.908. The molecular formula is C5H9NS. The molecule has 7 heavy (non-hydrogen) atoms. The second-order valence-corrected chi connectivity index (χ2v) is 2.34. The fourth-order valence-corrected chi connectivity index (χ4v) is 1.16. The average Bonchev–Trinajstić information content (AvgIpc) is 2.14. The van der Waals surface area contributed by atoms with Gasteiger partial charge in [0.25, 0.3) is 0 Å². The van der Waals surface area contributed by atoms with E-state index in [1.54, 1.807) is 11.8 Å². The van der Waals surface area contributed by atoms with Crippen molar-refractivity contribution < 1.29 is 0 Å². The first-order valence-corrected chi connectivity index (χ1v) is 3.64. The van der Waals surface area contributed by atoms with Gasteiger partial charge in [-0.3, -0.25) is 0 Å². The first kappa shape index (κ1) is 5.04. The molecular weight excluding hydrogens is 106 g/mol. The minimum absolute atomic E-state index is 1.14. The molecule has 0 aromatic carbocycles. The second kappa shape index (κ2) is 2.26. The Labute approximate surface area is 48.2 Å². The maximum atomic E-state index is 3.23. The highest BCUT2D eigenvalue weighted by Crippen LogP contribution is 2.11. The quantitative estimate of drug-likeness (QED) is 0.551. The highest BCUT2D eigenvalue weighted by Gasteiger charge is 1.97. The number of rotatable bonds is 1.